The molecule has 0 radical (unpaired) electrons. The average molecular weight is 285 g/mol. The van der Waals surface area contributed by atoms with Crippen LogP contribution in [0.1, 0.15) is 16.7 Å². The fraction of sp³-hybridized carbons (Fsp3) is 0.364. The van der Waals surface area contributed by atoms with Gasteiger partial charge in [-0.25, -0.2) is 13.1 Å². The van der Waals surface area contributed by atoms with Gasteiger partial charge in [0.25, 0.3) is 10.0 Å². The van der Waals surface area contributed by atoms with Crippen LogP contribution in [0.5, 0.6) is 0 Å². The Hall–Kier alpha value is -1.18. The zero-order chi connectivity index (χ0) is 13.2. The fourth-order valence-electron chi connectivity index (χ4n) is 1.66. The number of rotatable bonds is 5. The van der Waals surface area contributed by atoms with Crippen molar-refractivity contribution < 1.29 is 8.42 Å². The van der Waals surface area contributed by atoms with E-state index in [1.54, 1.807) is 11.3 Å². The summed E-state index contributed by atoms with van der Waals surface area (Å²) < 4.78 is 26.5. The first-order valence-electron chi connectivity index (χ1n) is 5.54. The van der Waals surface area contributed by atoms with Crippen LogP contribution < -0.4 is 4.72 Å². The average Bonchev–Trinajstić information content (AvgIpc) is 2.88. The summed E-state index contributed by atoms with van der Waals surface area (Å²) in [7, 11) is -3.49. The summed E-state index contributed by atoms with van der Waals surface area (Å²) in [6.07, 6.45) is 2.10. The highest BCUT2D eigenvalue weighted by Gasteiger charge is 2.18. The van der Waals surface area contributed by atoms with E-state index in [1.165, 1.54) is 22.0 Å². The van der Waals surface area contributed by atoms with Gasteiger partial charge in [-0.2, -0.15) is 5.10 Å². The van der Waals surface area contributed by atoms with Gasteiger partial charge in [0, 0.05) is 15.8 Å². The lowest BCUT2D eigenvalue weighted by Gasteiger charge is -2.12. The lowest BCUT2D eigenvalue weighted by molar-refractivity contribution is 0.557. The van der Waals surface area contributed by atoms with Gasteiger partial charge in [-0.05, 0) is 38.5 Å². The van der Waals surface area contributed by atoms with Crippen LogP contribution in [0, 0.1) is 6.92 Å². The summed E-state index contributed by atoms with van der Waals surface area (Å²) in [4.78, 5) is 2.40. The summed E-state index contributed by atoms with van der Waals surface area (Å²) in [5.74, 6) is 0. The van der Waals surface area contributed by atoms with Crippen LogP contribution >= 0.6 is 11.3 Å². The van der Waals surface area contributed by atoms with E-state index in [0.29, 0.717) is 6.42 Å². The van der Waals surface area contributed by atoms with E-state index in [-0.39, 0.29) is 11.1 Å². The standard InChI is InChI=1S/C11H15N3O2S2/c1-8(7-10-4-3-9(2)17-10)14-18(15,16)11-5-6-12-13-11/h3-6,8,14H,7H2,1-2H3,(H,12,13). The highest BCUT2D eigenvalue weighted by Crippen LogP contribution is 2.17. The predicted molar refractivity (Wildman–Crippen MR) is 71.1 cm³/mol. The molecule has 7 heteroatoms. The summed E-state index contributed by atoms with van der Waals surface area (Å²) in [6.45, 7) is 3.89. The van der Waals surface area contributed by atoms with Gasteiger partial charge in [0.1, 0.15) is 0 Å². The molecule has 5 nitrogen and oxygen atoms in total. The van der Waals surface area contributed by atoms with Crippen LogP contribution in [0.2, 0.25) is 0 Å². The molecule has 2 aromatic rings. The highest BCUT2D eigenvalue weighted by atomic mass is 32.2. The Labute approximate surface area is 110 Å². The zero-order valence-corrected chi connectivity index (χ0v) is 11.8. The minimum absolute atomic E-state index is 0.0942. The van der Waals surface area contributed by atoms with Crippen molar-refractivity contribution in [3.63, 3.8) is 0 Å². The summed E-state index contributed by atoms with van der Waals surface area (Å²) >= 11 is 1.68. The molecule has 0 spiro atoms. The SMILES string of the molecule is Cc1ccc(CC(C)NS(=O)(=O)c2ccn[nH]2)s1. The number of aromatic nitrogens is 2. The van der Waals surface area contributed by atoms with Crippen LogP contribution in [0.4, 0.5) is 0 Å². The Morgan fingerprint density at radius 3 is 2.78 bits per heavy atom. The second-order valence-corrected chi connectivity index (χ2v) is 7.21. The van der Waals surface area contributed by atoms with Gasteiger partial charge in [-0.1, -0.05) is 0 Å². The van der Waals surface area contributed by atoms with E-state index in [9.17, 15) is 8.42 Å². The third kappa shape index (κ3) is 3.18. The van der Waals surface area contributed by atoms with Crippen LogP contribution in [0.15, 0.2) is 29.4 Å². The Morgan fingerprint density at radius 2 is 2.22 bits per heavy atom. The molecule has 0 aliphatic rings. The van der Waals surface area contributed by atoms with Crippen molar-refractivity contribution in [3.8, 4) is 0 Å². The Balaban J connectivity index is 2.01. The molecule has 1 atom stereocenters. The Kier molecular flexibility index (Phi) is 3.84. The normalized spacial score (nSPS) is 13.7. The molecular formula is C11H15N3O2S2. The molecule has 0 aliphatic heterocycles. The minimum Gasteiger partial charge on any atom is -0.266 e. The predicted octanol–water partition coefficient (Wildman–Crippen LogP) is 1.69. The van der Waals surface area contributed by atoms with Gasteiger partial charge in [-0.15, -0.1) is 11.3 Å². The number of thiophene rings is 1. The van der Waals surface area contributed by atoms with E-state index < -0.39 is 10.0 Å². The van der Waals surface area contributed by atoms with Gasteiger partial charge in [0.2, 0.25) is 0 Å². The maximum Gasteiger partial charge on any atom is 0.257 e. The number of nitrogens with zero attached hydrogens (tertiary/aromatic N) is 1. The van der Waals surface area contributed by atoms with Crippen LogP contribution in [0.3, 0.4) is 0 Å². The molecule has 2 aromatic heterocycles. The number of H-pyrrole nitrogens is 1. The Morgan fingerprint density at radius 1 is 1.44 bits per heavy atom. The topological polar surface area (TPSA) is 74.8 Å². The number of sulfonamides is 1. The molecule has 0 bridgehead atoms. The van der Waals surface area contributed by atoms with Crippen molar-refractivity contribution in [1.29, 1.82) is 0 Å². The number of aryl methyl sites for hydroxylation is 1. The number of nitrogens with one attached hydrogen (secondary N) is 2. The molecule has 0 fully saturated rings. The van der Waals surface area contributed by atoms with E-state index in [2.05, 4.69) is 14.9 Å². The summed E-state index contributed by atoms with van der Waals surface area (Å²) in [5, 5.41) is 6.19. The van der Waals surface area contributed by atoms with Gasteiger partial charge in [-0.3, -0.25) is 5.10 Å². The molecule has 2 N–H and O–H groups in total. The second-order valence-electron chi connectivity index (χ2n) is 4.16. The largest absolute Gasteiger partial charge is 0.266 e. The molecule has 98 valence electrons. The van der Waals surface area contributed by atoms with Crippen molar-refractivity contribution in [1.82, 2.24) is 14.9 Å². The van der Waals surface area contributed by atoms with E-state index >= 15 is 0 Å². The van der Waals surface area contributed by atoms with Crippen LogP contribution in [-0.2, 0) is 16.4 Å². The third-order valence-corrected chi connectivity index (χ3v) is 4.97. The van der Waals surface area contributed by atoms with Gasteiger partial charge >= 0.3 is 0 Å². The monoisotopic (exact) mass is 285 g/mol. The molecule has 18 heavy (non-hydrogen) atoms. The zero-order valence-electron chi connectivity index (χ0n) is 10.2. The van der Waals surface area contributed by atoms with Gasteiger partial charge < -0.3 is 0 Å². The fourth-order valence-corrected chi connectivity index (χ4v) is 3.83. The third-order valence-electron chi connectivity index (χ3n) is 2.42. The van der Waals surface area contributed by atoms with E-state index in [1.807, 2.05) is 26.0 Å². The molecule has 0 saturated heterocycles. The van der Waals surface area contributed by atoms with Gasteiger partial charge in [0.15, 0.2) is 5.03 Å². The van der Waals surface area contributed by atoms with E-state index in [0.717, 1.165) is 0 Å². The molecule has 0 aromatic carbocycles. The van der Waals surface area contributed by atoms with Crippen molar-refractivity contribution in [2.45, 2.75) is 31.3 Å². The van der Waals surface area contributed by atoms with E-state index in [4.69, 9.17) is 0 Å². The minimum atomic E-state index is -3.49. The lowest BCUT2D eigenvalue weighted by atomic mass is 10.2. The number of hydrogen-bond donors (Lipinski definition) is 2. The van der Waals surface area contributed by atoms with Crippen molar-refractivity contribution >= 4 is 21.4 Å². The number of aromatic amines is 1. The van der Waals surface area contributed by atoms with Crippen molar-refractivity contribution in [2.75, 3.05) is 0 Å². The summed E-state index contributed by atoms with van der Waals surface area (Å²) in [5.41, 5.74) is 0. The quantitative estimate of drug-likeness (QED) is 0.878. The molecule has 2 rings (SSSR count). The maximum absolute atomic E-state index is 11.9. The van der Waals surface area contributed by atoms with Crippen LogP contribution in [0.25, 0.3) is 0 Å². The highest BCUT2D eigenvalue weighted by molar-refractivity contribution is 7.89. The van der Waals surface area contributed by atoms with Gasteiger partial charge in [0.05, 0.1) is 6.20 Å². The molecule has 0 aliphatic carbocycles. The molecule has 1 unspecified atom stereocenters. The first-order valence-corrected chi connectivity index (χ1v) is 7.84. The lowest BCUT2D eigenvalue weighted by Crippen LogP contribution is -2.34. The molecule has 0 saturated carbocycles. The molecule has 2 heterocycles. The molecular weight excluding hydrogens is 270 g/mol. The smallest absolute Gasteiger partial charge is 0.257 e. The summed E-state index contributed by atoms with van der Waals surface area (Å²) in [6, 6.07) is 5.35. The maximum atomic E-state index is 11.9. The van der Waals surface area contributed by atoms with Crippen molar-refractivity contribution in [2.24, 2.45) is 0 Å². The Bertz CT molecular complexity index is 602. The van der Waals surface area contributed by atoms with Crippen LogP contribution in [-0.4, -0.2) is 24.7 Å². The first kappa shape index (κ1) is 13.3. The first-order chi connectivity index (χ1) is 8.47. The number of hydrogen-bond acceptors (Lipinski definition) is 4. The molecule has 0 amide bonds. The van der Waals surface area contributed by atoms with Crippen molar-refractivity contribution in [3.05, 3.63) is 34.2 Å². The second kappa shape index (κ2) is 5.21.